The number of amides is 3. The minimum Gasteiger partial charge on any atom is -0.351 e. The molecule has 2 rings (SSSR count). The first-order valence-electron chi connectivity index (χ1n) is 6.74. The summed E-state index contributed by atoms with van der Waals surface area (Å²) in [7, 11) is 0. The fourth-order valence-corrected chi connectivity index (χ4v) is 2.48. The quantitative estimate of drug-likeness (QED) is 0.671. The molecule has 0 aromatic heterocycles. The summed E-state index contributed by atoms with van der Waals surface area (Å²) >= 11 is 0. The summed E-state index contributed by atoms with van der Waals surface area (Å²) in [6.45, 7) is 3.59. The van der Waals surface area contributed by atoms with Crippen LogP contribution in [0.2, 0.25) is 0 Å². The van der Waals surface area contributed by atoms with Crippen molar-refractivity contribution in [2.45, 2.75) is 19.8 Å². The van der Waals surface area contributed by atoms with Crippen LogP contribution < -0.4 is 21.7 Å². The summed E-state index contributed by atoms with van der Waals surface area (Å²) in [5.74, 6) is 0.0150. The van der Waals surface area contributed by atoms with Gasteiger partial charge in [0, 0.05) is 17.9 Å². The second kappa shape index (κ2) is 5.92. The number of carbonyl (C=O) groups excluding carboxylic acids is 2. The lowest BCUT2D eigenvalue weighted by atomic mass is 9.83. The Morgan fingerprint density at radius 1 is 1.35 bits per heavy atom. The molecule has 1 saturated heterocycles. The second-order valence-electron chi connectivity index (χ2n) is 5.08. The van der Waals surface area contributed by atoms with E-state index in [2.05, 4.69) is 16.0 Å². The van der Waals surface area contributed by atoms with E-state index in [9.17, 15) is 9.59 Å². The van der Waals surface area contributed by atoms with Crippen molar-refractivity contribution in [3.63, 3.8) is 0 Å². The number of urea groups is 1. The van der Waals surface area contributed by atoms with Gasteiger partial charge in [-0.1, -0.05) is 13.0 Å². The lowest BCUT2D eigenvalue weighted by Crippen LogP contribution is -2.37. The first-order chi connectivity index (χ1) is 9.55. The minimum absolute atomic E-state index is 0.0150. The SMILES string of the molecule is CCC1(C(=O)Nc2cccc(NC(N)=O)c2)CCNC1. The van der Waals surface area contributed by atoms with Crippen LogP contribution in [0.4, 0.5) is 16.2 Å². The highest BCUT2D eigenvalue weighted by atomic mass is 16.2. The molecule has 1 aromatic rings. The Morgan fingerprint density at radius 3 is 2.60 bits per heavy atom. The Kier molecular flexibility index (Phi) is 4.24. The van der Waals surface area contributed by atoms with E-state index in [1.54, 1.807) is 24.3 Å². The van der Waals surface area contributed by atoms with Crippen molar-refractivity contribution >= 4 is 23.3 Å². The van der Waals surface area contributed by atoms with Crippen LogP contribution in [0.25, 0.3) is 0 Å². The molecular formula is C14H20N4O2. The molecule has 6 heteroatoms. The van der Waals surface area contributed by atoms with E-state index in [0.29, 0.717) is 17.9 Å². The predicted molar refractivity (Wildman–Crippen MR) is 78.5 cm³/mol. The largest absolute Gasteiger partial charge is 0.351 e. The van der Waals surface area contributed by atoms with E-state index in [0.717, 1.165) is 19.4 Å². The highest BCUT2D eigenvalue weighted by Crippen LogP contribution is 2.31. The van der Waals surface area contributed by atoms with E-state index < -0.39 is 6.03 Å². The maximum atomic E-state index is 12.4. The van der Waals surface area contributed by atoms with Gasteiger partial charge in [0.1, 0.15) is 0 Å². The van der Waals surface area contributed by atoms with Crippen LogP contribution in [0.15, 0.2) is 24.3 Å². The number of primary amides is 1. The van der Waals surface area contributed by atoms with Crippen molar-refractivity contribution in [3.05, 3.63) is 24.3 Å². The van der Waals surface area contributed by atoms with Crippen LogP contribution in [-0.4, -0.2) is 25.0 Å². The van der Waals surface area contributed by atoms with Gasteiger partial charge in [-0.2, -0.15) is 0 Å². The fourth-order valence-electron chi connectivity index (χ4n) is 2.48. The average Bonchev–Trinajstić information content (AvgIpc) is 2.88. The van der Waals surface area contributed by atoms with Crippen LogP contribution in [0.3, 0.4) is 0 Å². The van der Waals surface area contributed by atoms with Crippen molar-refractivity contribution in [1.29, 1.82) is 0 Å². The zero-order valence-electron chi connectivity index (χ0n) is 11.5. The Bertz CT molecular complexity index is 510. The molecule has 1 aromatic carbocycles. The lowest BCUT2D eigenvalue weighted by molar-refractivity contribution is -0.124. The summed E-state index contributed by atoms with van der Waals surface area (Å²) < 4.78 is 0. The third kappa shape index (κ3) is 3.08. The average molecular weight is 276 g/mol. The Morgan fingerprint density at radius 2 is 2.05 bits per heavy atom. The second-order valence-corrected chi connectivity index (χ2v) is 5.08. The van der Waals surface area contributed by atoms with Gasteiger partial charge in [0.15, 0.2) is 0 Å². The molecule has 1 unspecified atom stereocenters. The van der Waals surface area contributed by atoms with Crippen molar-refractivity contribution in [2.24, 2.45) is 11.1 Å². The van der Waals surface area contributed by atoms with Gasteiger partial charge in [-0.25, -0.2) is 4.79 Å². The highest BCUT2D eigenvalue weighted by molar-refractivity contribution is 5.96. The molecule has 0 aliphatic carbocycles. The number of hydrogen-bond donors (Lipinski definition) is 4. The molecule has 1 heterocycles. The summed E-state index contributed by atoms with van der Waals surface area (Å²) in [6.07, 6.45) is 1.64. The van der Waals surface area contributed by atoms with Crippen LogP contribution in [0.5, 0.6) is 0 Å². The summed E-state index contributed by atoms with van der Waals surface area (Å²) in [5.41, 5.74) is 5.95. The van der Waals surface area contributed by atoms with Crippen molar-refractivity contribution in [2.75, 3.05) is 23.7 Å². The molecule has 0 saturated carbocycles. The fraction of sp³-hybridized carbons (Fsp3) is 0.429. The normalized spacial score (nSPS) is 21.4. The Hall–Kier alpha value is -2.08. The topological polar surface area (TPSA) is 96.2 Å². The van der Waals surface area contributed by atoms with E-state index in [4.69, 9.17) is 5.73 Å². The van der Waals surface area contributed by atoms with Gasteiger partial charge in [0.05, 0.1) is 5.41 Å². The van der Waals surface area contributed by atoms with Crippen molar-refractivity contribution in [1.82, 2.24) is 5.32 Å². The molecule has 5 N–H and O–H groups in total. The van der Waals surface area contributed by atoms with Crippen LogP contribution in [0, 0.1) is 5.41 Å². The molecule has 6 nitrogen and oxygen atoms in total. The Balaban J connectivity index is 2.09. The molecule has 20 heavy (non-hydrogen) atoms. The molecule has 1 fully saturated rings. The maximum absolute atomic E-state index is 12.4. The van der Waals surface area contributed by atoms with Gasteiger partial charge >= 0.3 is 6.03 Å². The molecule has 1 atom stereocenters. The van der Waals surface area contributed by atoms with Crippen molar-refractivity contribution < 1.29 is 9.59 Å². The van der Waals surface area contributed by atoms with Gasteiger partial charge in [-0.15, -0.1) is 0 Å². The van der Waals surface area contributed by atoms with E-state index in [1.807, 2.05) is 6.92 Å². The number of carbonyl (C=O) groups is 2. The Labute approximate surface area is 118 Å². The number of rotatable bonds is 4. The van der Waals surface area contributed by atoms with E-state index in [1.165, 1.54) is 0 Å². The minimum atomic E-state index is -0.626. The van der Waals surface area contributed by atoms with Gasteiger partial charge in [0.25, 0.3) is 0 Å². The standard InChI is InChI=1S/C14H20N4O2/c1-2-14(6-7-16-9-14)12(19)17-10-4-3-5-11(8-10)18-13(15)20/h3-5,8,16H,2,6-7,9H2,1H3,(H,17,19)(H3,15,18,20). The number of hydrogen-bond acceptors (Lipinski definition) is 3. The summed E-state index contributed by atoms with van der Waals surface area (Å²) in [5, 5.41) is 8.64. The zero-order valence-corrected chi connectivity index (χ0v) is 11.5. The summed E-state index contributed by atoms with van der Waals surface area (Å²) in [6, 6.07) is 6.32. The first kappa shape index (κ1) is 14.3. The van der Waals surface area contributed by atoms with Crippen LogP contribution in [0.1, 0.15) is 19.8 Å². The van der Waals surface area contributed by atoms with E-state index >= 15 is 0 Å². The van der Waals surface area contributed by atoms with Crippen LogP contribution in [-0.2, 0) is 4.79 Å². The monoisotopic (exact) mass is 276 g/mol. The number of benzene rings is 1. The summed E-state index contributed by atoms with van der Waals surface area (Å²) in [4.78, 5) is 23.3. The molecule has 1 aliphatic heterocycles. The van der Waals surface area contributed by atoms with E-state index in [-0.39, 0.29) is 11.3 Å². The molecule has 0 spiro atoms. The van der Waals surface area contributed by atoms with Gasteiger partial charge in [-0.3, -0.25) is 4.79 Å². The van der Waals surface area contributed by atoms with Crippen molar-refractivity contribution in [3.8, 4) is 0 Å². The molecule has 0 bridgehead atoms. The smallest absolute Gasteiger partial charge is 0.316 e. The molecule has 3 amide bonds. The predicted octanol–water partition coefficient (Wildman–Crippen LogP) is 1.51. The molecule has 108 valence electrons. The third-order valence-electron chi connectivity index (χ3n) is 3.79. The molecule has 0 radical (unpaired) electrons. The first-order valence-corrected chi connectivity index (χ1v) is 6.74. The molecular weight excluding hydrogens is 256 g/mol. The van der Waals surface area contributed by atoms with Crippen LogP contribution >= 0.6 is 0 Å². The number of nitrogens with two attached hydrogens (primary N) is 1. The number of nitrogens with one attached hydrogen (secondary N) is 3. The highest BCUT2D eigenvalue weighted by Gasteiger charge is 2.39. The number of anilines is 2. The maximum Gasteiger partial charge on any atom is 0.316 e. The van der Waals surface area contributed by atoms with Gasteiger partial charge in [-0.05, 0) is 37.6 Å². The zero-order chi connectivity index (χ0) is 14.6. The molecule has 1 aliphatic rings. The lowest BCUT2D eigenvalue weighted by Gasteiger charge is -2.25. The third-order valence-corrected chi connectivity index (χ3v) is 3.79. The van der Waals surface area contributed by atoms with Gasteiger partial charge in [0.2, 0.25) is 5.91 Å². The van der Waals surface area contributed by atoms with Gasteiger partial charge < -0.3 is 21.7 Å².